The number of ether oxygens (including phenoxy) is 1. The first kappa shape index (κ1) is 21.1. The van der Waals surface area contributed by atoms with Crippen molar-refractivity contribution in [2.75, 3.05) is 12.4 Å². The Balaban J connectivity index is 1.24. The van der Waals surface area contributed by atoms with E-state index in [0.717, 1.165) is 18.7 Å². The lowest BCUT2D eigenvalue weighted by Gasteiger charge is -2.16. The Labute approximate surface area is 200 Å². The van der Waals surface area contributed by atoms with Crippen LogP contribution >= 0.6 is 0 Å². The van der Waals surface area contributed by atoms with Gasteiger partial charge >= 0.3 is 0 Å². The molecule has 0 bridgehead atoms. The summed E-state index contributed by atoms with van der Waals surface area (Å²) in [5.41, 5.74) is 3.65. The van der Waals surface area contributed by atoms with Crippen LogP contribution in [0.4, 0.5) is 5.69 Å². The second-order valence-electron chi connectivity index (χ2n) is 8.74. The molecule has 1 fully saturated rings. The number of benzene rings is 3. The van der Waals surface area contributed by atoms with Gasteiger partial charge in [0, 0.05) is 11.6 Å². The molecular weight excluding hydrogens is 446 g/mol. The molecule has 0 radical (unpaired) electrons. The third-order valence-corrected chi connectivity index (χ3v) is 6.32. The number of nitrogens with zero attached hydrogens (tertiary/aromatic N) is 2. The average Bonchev–Trinajstić information content (AvgIpc) is 3.60. The molecule has 3 aromatic carbocycles. The maximum Gasteiger partial charge on any atom is 0.261 e. The van der Waals surface area contributed by atoms with E-state index in [2.05, 4.69) is 10.3 Å². The fraction of sp³-hybridized carbons (Fsp3) is 0.185. The second-order valence-corrected chi connectivity index (χ2v) is 8.74. The summed E-state index contributed by atoms with van der Waals surface area (Å²) in [5, 5.41) is 2.88. The van der Waals surface area contributed by atoms with Gasteiger partial charge in [0.15, 0.2) is 11.5 Å². The summed E-state index contributed by atoms with van der Waals surface area (Å²) in [6, 6.07) is 17.1. The number of aromatic nitrogens is 1. The van der Waals surface area contributed by atoms with E-state index in [1.54, 1.807) is 60.7 Å². The van der Waals surface area contributed by atoms with Crippen LogP contribution in [0.15, 0.2) is 65.1 Å². The number of methoxy groups -OCH3 is 1. The van der Waals surface area contributed by atoms with E-state index in [1.807, 2.05) is 0 Å². The predicted octanol–water partition coefficient (Wildman–Crippen LogP) is 4.76. The molecule has 3 amide bonds. The molecule has 1 aromatic heterocycles. The van der Waals surface area contributed by atoms with Gasteiger partial charge in [0.05, 0.1) is 30.3 Å². The second kappa shape index (κ2) is 8.09. The molecule has 1 N–H and O–H groups in total. The molecule has 0 unspecified atom stereocenters. The molecule has 1 aliphatic carbocycles. The van der Waals surface area contributed by atoms with Gasteiger partial charge in [-0.05, 0) is 60.9 Å². The number of hydrogen-bond donors (Lipinski definition) is 1. The highest BCUT2D eigenvalue weighted by Gasteiger charge is 2.35. The van der Waals surface area contributed by atoms with Crippen molar-refractivity contribution in [3.8, 4) is 5.75 Å². The highest BCUT2D eigenvalue weighted by atomic mass is 16.5. The van der Waals surface area contributed by atoms with Crippen LogP contribution in [0, 0.1) is 0 Å². The molecule has 2 aliphatic rings. The molecule has 1 aliphatic heterocycles. The first-order valence-electron chi connectivity index (χ1n) is 11.4. The summed E-state index contributed by atoms with van der Waals surface area (Å²) in [6.45, 7) is 0.0471. The zero-order chi connectivity index (χ0) is 24.1. The van der Waals surface area contributed by atoms with Crippen molar-refractivity contribution in [2.45, 2.75) is 25.3 Å². The number of nitrogens with one attached hydrogen (secondary N) is 1. The van der Waals surface area contributed by atoms with Crippen molar-refractivity contribution >= 4 is 34.5 Å². The molecule has 174 valence electrons. The molecule has 35 heavy (non-hydrogen) atoms. The maximum absolute atomic E-state index is 13.2. The minimum absolute atomic E-state index is 0.0471. The summed E-state index contributed by atoms with van der Waals surface area (Å²) in [5.74, 6) is 0.446. The smallest absolute Gasteiger partial charge is 0.261 e. The van der Waals surface area contributed by atoms with Crippen molar-refractivity contribution in [3.63, 3.8) is 0 Å². The van der Waals surface area contributed by atoms with Crippen molar-refractivity contribution in [1.29, 1.82) is 0 Å². The largest absolute Gasteiger partial charge is 0.496 e. The van der Waals surface area contributed by atoms with Crippen molar-refractivity contribution < 1.29 is 23.5 Å². The standard InChI is InChI=1S/C27H21N3O5/c1-34-22-10-6-15(14-30-26(32)18-4-2-3-5-19(18)27(30)33)12-20(22)24(31)28-17-9-11-23-21(13-17)29-25(35-23)16-7-8-16/h2-6,9-13,16H,7-8,14H2,1H3,(H,28,31). The molecule has 0 atom stereocenters. The van der Waals surface area contributed by atoms with Gasteiger partial charge in [-0.2, -0.15) is 0 Å². The Hall–Kier alpha value is -4.46. The number of rotatable bonds is 6. The van der Waals surface area contributed by atoms with Gasteiger partial charge in [0.2, 0.25) is 0 Å². The summed E-state index contributed by atoms with van der Waals surface area (Å²) >= 11 is 0. The quantitative estimate of drug-likeness (QED) is 0.410. The van der Waals surface area contributed by atoms with E-state index in [-0.39, 0.29) is 24.3 Å². The van der Waals surface area contributed by atoms with E-state index in [0.29, 0.717) is 50.7 Å². The Morgan fingerprint density at radius 2 is 1.80 bits per heavy atom. The normalized spacial score (nSPS) is 14.9. The van der Waals surface area contributed by atoms with Gasteiger partial charge in [-0.15, -0.1) is 0 Å². The summed E-state index contributed by atoms with van der Waals surface area (Å²) < 4.78 is 11.2. The molecule has 8 nitrogen and oxygen atoms in total. The third kappa shape index (κ3) is 3.73. The van der Waals surface area contributed by atoms with Crippen LogP contribution in [0.1, 0.15) is 61.3 Å². The van der Waals surface area contributed by atoms with Crippen LogP contribution in [0.2, 0.25) is 0 Å². The molecule has 0 saturated heterocycles. The lowest BCUT2D eigenvalue weighted by Crippen LogP contribution is -2.29. The van der Waals surface area contributed by atoms with E-state index < -0.39 is 0 Å². The minimum atomic E-state index is -0.378. The maximum atomic E-state index is 13.2. The van der Waals surface area contributed by atoms with Crippen molar-refractivity contribution in [2.24, 2.45) is 0 Å². The molecule has 4 aromatic rings. The van der Waals surface area contributed by atoms with Crippen LogP contribution in [-0.2, 0) is 6.54 Å². The van der Waals surface area contributed by atoms with Gasteiger partial charge in [0.1, 0.15) is 11.3 Å². The third-order valence-electron chi connectivity index (χ3n) is 6.32. The lowest BCUT2D eigenvalue weighted by atomic mass is 10.1. The zero-order valence-electron chi connectivity index (χ0n) is 18.9. The summed E-state index contributed by atoms with van der Waals surface area (Å²) in [6.07, 6.45) is 2.18. The van der Waals surface area contributed by atoms with Crippen molar-refractivity contribution in [3.05, 3.63) is 88.8 Å². The molecule has 8 heteroatoms. The van der Waals surface area contributed by atoms with Gasteiger partial charge in [-0.25, -0.2) is 4.98 Å². The van der Waals surface area contributed by atoms with Crippen LogP contribution in [-0.4, -0.2) is 34.7 Å². The SMILES string of the molecule is COc1ccc(CN2C(=O)c3ccccc3C2=O)cc1C(=O)Nc1ccc2oc(C3CC3)nc2c1. The number of carbonyl (C=O) groups excluding carboxylic acids is 3. The molecular formula is C27H21N3O5. The van der Waals surface area contributed by atoms with Gasteiger partial charge in [0.25, 0.3) is 17.7 Å². The van der Waals surface area contributed by atoms with Crippen LogP contribution < -0.4 is 10.1 Å². The predicted molar refractivity (Wildman–Crippen MR) is 128 cm³/mol. The summed E-state index contributed by atoms with van der Waals surface area (Å²) in [4.78, 5) is 44.4. The van der Waals surface area contributed by atoms with E-state index >= 15 is 0 Å². The Morgan fingerprint density at radius 1 is 1.06 bits per heavy atom. The highest BCUT2D eigenvalue weighted by molar-refractivity contribution is 6.21. The first-order chi connectivity index (χ1) is 17.0. The Bertz CT molecular complexity index is 1480. The highest BCUT2D eigenvalue weighted by Crippen LogP contribution is 2.40. The first-order valence-corrected chi connectivity index (χ1v) is 11.4. The van der Waals surface area contributed by atoms with E-state index in [1.165, 1.54) is 12.0 Å². The topological polar surface area (TPSA) is 102 Å². The summed E-state index contributed by atoms with van der Waals surface area (Å²) in [7, 11) is 1.48. The van der Waals surface area contributed by atoms with Gasteiger partial charge < -0.3 is 14.5 Å². The monoisotopic (exact) mass is 467 g/mol. The molecule has 6 rings (SSSR count). The number of imide groups is 1. The van der Waals surface area contributed by atoms with Crippen molar-refractivity contribution in [1.82, 2.24) is 9.88 Å². The number of hydrogen-bond acceptors (Lipinski definition) is 6. The molecule has 1 saturated carbocycles. The number of amides is 3. The van der Waals surface area contributed by atoms with Crippen LogP contribution in [0.5, 0.6) is 5.75 Å². The number of fused-ring (bicyclic) bond motifs is 2. The minimum Gasteiger partial charge on any atom is -0.496 e. The fourth-order valence-electron chi connectivity index (χ4n) is 4.32. The van der Waals surface area contributed by atoms with Gasteiger partial charge in [-0.3, -0.25) is 19.3 Å². The van der Waals surface area contributed by atoms with Crippen LogP contribution in [0.25, 0.3) is 11.1 Å². The molecule has 2 heterocycles. The zero-order valence-corrected chi connectivity index (χ0v) is 18.9. The Morgan fingerprint density at radius 3 is 2.49 bits per heavy atom. The van der Waals surface area contributed by atoms with E-state index in [9.17, 15) is 14.4 Å². The van der Waals surface area contributed by atoms with Gasteiger partial charge in [-0.1, -0.05) is 18.2 Å². The number of oxazole rings is 1. The molecule has 0 spiro atoms. The number of anilines is 1. The van der Waals surface area contributed by atoms with Crippen LogP contribution in [0.3, 0.4) is 0 Å². The van der Waals surface area contributed by atoms with E-state index in [4.69, 9.17) is 9.15 Å². The fourth-order valence-corrected chi connectivity index (χ4v) is 4.32. The Kier molecular flexibility index (Phi) is 4.88. The number of carbonyl (C=O) groups is 3. The average molecular weight is 467 g/mol. The lowest BCUT2D eigenvalue weighted by molar-refractivity contribution is 0.0642.